The van der Waals surface area contributed by atoms with Crippen molar-refractivity contribution in [1.82, 2.24) is 0 Å². The van der Waals surface area contributed by atoms with Crippen molar-refractivity contribution in [3.8, 4) is 0 Å². The van der Waals surface area contributed by atoms with Gasteiger partial charge >= 0.3 is 164 Å². The first kappa shape index (κ1) is 114. The molecule has 0 aromatic carbocycles. The fourth-order valence-electron chi connectivity index (χ4n) is 0. The van der Waals surface area contributed by atoms with Gasteiger partial charge in [-0.3, -0.25) is 0 Å². The van der Waals surface area contributed by atoms with Gasteiger partial charge in [-0.05, 0) is 0 Å². The van der Waals surface area contributed by atoms with Crippen LogP contribution >= 0.6 is 0 Å². The Kier molecular flexibility index (Phi) is 1050. The van der Waals surface area contributed by atoms with E-state index in [-0.39, 0.29) is 191 Å². The second kappa shape index (κ2) is 91.9. The Hall–Kier alpha value is 5.18. The van der Waals surface area contributed by atoms with Crippen molar-refractivity contribution in [3.05, 3.63) is 0 Å². The zero-order valence-corrected chi connectivity index (χ0v) is 19.8. The van der Waals surface area contributed by atoms with Crippen LogP contribution in [-0.4, -0.2) is 114 Å². The first-order chi connectivity index (χ1) is 0. The summed E-state index contributed by atoms with van der Waals surface area (Å²) in [5.74, 6) is 0. The van der Waals surface area contributed by atoms with Gasteiger partial charge in [-0.25, -0.2) is 0 Å². The summed E-state index contributed by atoms with van der Waals surface area (Å²) in [6, 6.07) is 0. The second-order valence-corrected chi connectivity index (χ2v) is 0. The summed E-state index contributed by atoms with van der Waals surface area (Å²) in [4.78, 5) is 0. The molecule has 1 radical (unpaired) electrons. The minimum atomic E-state index is 0. The zero-order valence-electron chi connectivity index (χ0n) is 4.91. The summed E-state index contributed by atoms with van der Waals surface area (Å²) in [5.41, 5.74) is 0. The molecule has 0 atom stereocenters. The quantitative estimate of drug-likeness (QED) is 0.286. The molecule has 5 nitrogen and oxygen atoms in total. The molecule has 0 unspecified atom stereocenters. The Morgan fingerprint density at radius 1 is 0.600 bits per heavy atom. The number of hydrogen-bond acceptors (Lipinski definition) is 0. The van der Waals surface area contributed by atoms with Crippen LogP contribution in [0.25, 0.3) is 0 Å². The largest absolute Gasteiger partial charge is 3.00 e. The van der Waals surface area contributed by atoms with Crippen molar-refractivity contribution < 1.29 is 77.2 Å². The van der Waals surface area contributed by atoms with E-state index in [0.717, 1.165) is 0 Å². The molecule has 0 bridgehead atoms. The van der Waals surface area contributed by atoms with Gasteiger partial charge in [0.05, 0.1) is 0 Å². The van der Waals surface area contributed by atoms with Crippen LogP contribution in [0.4, 0.5) is 0 Å². The summed E-state index contributed by atoms with van der Waals surface area (Å²) in [6.45, 7) is 0. The molecule has 0 heterocycles. The van der Waals surface area contributed by atoms with Crippen LogP contribution in [-0.2, 0) is 77.2 Å². The van der Waals surface area contributed by atoms with Gasteiger partial charge in [0.25, 0.3) is 0 Å². The van der Waals surface area contributed by atoms with Gasteiger partial charge in [-0.2, -0.15) is 0 Å². The molecule has 10 heavy (non-hydrogen) atoms. The van der Waals surface area contributed by atoms with E-state index in [1.54, 1.807) is 0 Å². The number of rotatable bonds is 0. The predicted molar refractivity (Wildman–Crippen MR) is 20.7 cm³/mol. The van der Waals surface area contributed by atoms with E-state index >= 15 is 0 Å². The molecule has 10 heteroatoms. The standard InChI is InChI=1S/Ba.Ca.Cu.5O.Tl.Y/q3*+2;5*-2;+1;+3. The predicted octanol–water partition coefficient (Wildman–Crippen LogP) is -1.74. The monoisotopic (exact) mass is 615 g/mol. The van der Waals surface area contributed by atoms with Crippen LogP contribution in [0.15, 0.2) is 0 Å². The molecule has 0 rings (SSSR count). The van der Waals surface area contributed by atoms with Gasteiger partial charge in [0.1, 0.15) is 0 Å². The fourth-order valence-corrected chi connectivity index (χ4v) is 0. The van der Waals surface area contributed by atoms with E-state index in [9.17, 15) is 0 Å². The molecule has 0 N–H and O–H groups in total. The molecule has 0 saturated carbocycles. The van der Waals surface area contributed by atoms with E-state index in [1.165, 1.54) is 0 Å². The van der Waals surface area contributed by atoms with Crippen molar-refractivity contribution in [3.63, 3.8) is 0 Å². The third-order valence-electron chi connectivity index (χ3n) is 0. The molecule has 0 saturated heterocycles. The van der Waals surface area contributed by atoms with Crippen LogP contribution in [0.3, 0.4) is 0 Å². The van der Waals surface area contributed by atoms with Crippen LogP contribution < -0.4 is 0 Å². The summed E-state index contributed by atoms with van der Waals surface area (Å²) in [6.07, 6.45) is 0. The molecular weight excluding hydrogens is 614 g/mol. The average molecular weight is 614 g/mol. The van der Waals surface area contributed by atoms with Crippen molar-refractivity contribution in [2.45, 2.75) is 0 Å². The summed E-state index contributed by atoms with van der Waals surface area (Å²) in [5, 5.41) is 0. The SMILES string of the molecule is [Ba+2].[Ca+2].[Cu+2].[O-2].[O-2].[O-2].[O-2].[O-2].[Tl+].[Y+3]. The van der Waals surface area contributed by atoms with Crippen molar-refractivity contribution >= 4 is 114 Å². The first-order valence-corrected chi connectivity index (χ1v) is 0. The Morgan fingerprint density at radius 3 is 0.600 bits per heavy atom. The fraction of sp³-hybridized carbons (Fsp3) is 0. The zero-order chi connectivity index (χ0) is 0. The molecule has 0 aliphatic rings. The Morgan fingerprint density at radius 2 is 0.600 bits per heavy atom. The maximum Gasteiger partial charge on any atom is 3.00 e. The summed E-state index contributed by atoms with van der Waals surface area (Å²) in [7, 11) is 0. The van der Waals surface area contributed by atoms with Crippen LogP contribution in [0.1, 0.15) is 0 Å². The molecule has 0 aromatic heterocycles. The van der Waals surface area contributed by atoms with E-state index in [0.29, 0.717) is 0 Å². The molecule has 0 aliphatic carbocycles. The molecule has 0 amide bonds. The third kappa shape index (κ3) is 72.9. The molecule has 0 spiro atoms. The van der Waals surface area contributed by atoms with E-state index in [2.05, 4.69) is 0 Å². The van der Waals surface area contributed by atoms with Gasteiger partial charge in [0, 0.05) is 0 Å². The minimum absolute atomic E-state index is 0. The van der Waals surface area contributed by atoms with Gasteiger partial charge in [-0.15, -0.1) is 0 Å². The smallest absolute Gasteiger partial charge is 2.00 e. The summed E-state index contributed by atoms with van der Waals surface area (Å²) < 4.78 is 0. The maximum absolute atomic E-state index is 0. The van der Waals surface area contributed by atoms with Crippen molar-refractivity contribution in [2.75, 3.05) is 0 Å². The normalized spacial score (nSPS) is 0. The van der Waals surface area contributed by atoms with Crippen LogP contribution in [0, 0.1) is 0 Å². The van der Waals surface area contributed by atoms with E-state index in [4.69, 9.17) is 0 Å². The van der Waals surface area contributed by atoms with Gasteiger partial charge in [0.15, 0.2) is 0 Å². The molecular formula is BaCaCuO5TlY. The van der Waals surface area contributed by atoms with Crippen molar-refractivity contribution in [2.24, 2.45) is 0 Å². The molecule has 0 aliphatic heterocycles. The summed E-state index contributed by atoms with van der Waals surface area (Å²) >= 11 is 0. The molecule has 0 fully saturated rings. The topological polar surface area (TPSA) is 142 Å². The Labute approximate surface area is 186 Å². The first-order valence-electron chi connectivity index (χ1n) is 0. The molecule has 51 valence electrons. The second-order valence-electron chi connectivity index (χ2n) is 0. The van der Waals surface area contributed by atoms with Crippen LogP contribution in [0.5, 0.6) is 0 Å². The Bertz CT molecular complexity index is 21.6. The minimum Gasteiger partial charge on any atom is -2.00 e. The van der Waals surface area contributed by atoms with E-state index in [1.807, 2.05) is 0 Å². The Balaban J connectivity index is 0. The van der Waals surface area contributed by atoms with Gasteiger partial charge in [-0.1, -0.05) is 0 Å². The third-order valence-corrected chi connectivity index (χ3v) is 0. The average Bonchev–Trinajstić information content (AvgIpc) is 0. The van der Waals surface area contributed by atoms with Crippen LogP contribution in [0.2, 0.25) is 0 Å². The van der Waals surface area contributed by atoms with Gasteiger partial charge in [0.2, 0.25) is 0 Å². The van der Waals surface area contributed by atoms with Crippen molar-refractivity contribution in [1.29, 1.82) is 0 Å². The maximum atomic E-state index is 0. The molecule has 0 aromatic rings. The number of hydrogen-bond donors (Lipinski definition) is 0. The van der Waals surface area contributed by atoms with E-state index < -0.39 is 0 Å². The van der Waals surface area contributed by atoms with Gasteiger partial charge < -0.3 is 27.4 Å².